The number of nitrogens with one attached hydrogen (secondary N) is 1. The minimum Gasteiger partial charge on any atom is -0.399 e. The molecule has 1 unspecified atom stereocenters. The molecule has 0 fully saturated rings. The topological polar surface area (TPSA) is 116 Å². The fourth-order valence-corrected chi connectivity index (χ4v) is 1.27. The molecule has 0 bridgehead atoms. The summed E-state index contributed by atoms with van der Waals surface area (Å²) in [7, 11) is 0. The third-order valence-electron chi connectivity index (χ3n) is 1.95. The van der Waals surface area contributed by atoms with E-state index in [2.05, 4.69) is 4.98 Å². The Labute approximate surface area is 66.9 Å². The van der Waals surface area contributed by atoms with Gasteiger partial charge in [0.15, 0.2) is 0 Å². The van der Waals surface area contributed by atoms with Crippen LogP contribution in [0.2, 0.25) is 0 Å². The lowest BCUT2D eigenvalue weighted by molar-refractivity contribution is 0.902. The van der Waals surface area contributed by atoms with Crippen molar-refractivity contribution in [2.75, 3.05) is 5.84 Å². The number of hydrogen-bond acceptors (Lipinski definition) is 4. The number of nitrogens with zero attached hydrogens (tertiary/aromatic N) is 1. The van der Waals surface area contributed by atoms with Crippen LogP contribution in [-0.4, -0.2) is 15.7 Å². The molecule has 6 heteroatoms. The average Bonchev–Trinajstić information content (AvgIpc) is 2.43. The lowest BCUT2D eigenvalue weighted by Gasteiger charge is -1.98. The van der Waals surface area contributed by atoms with Gasteiger partial charge in [0.1, 0.15) is 0 Å². The van der Waals surface area contributed by atoms with Crippen LogP contribution in [0.25, 0.3) is 11.8 Å². The van der Waals surface area contributed by atoms with Gasteiger partial charge in [0, 0.05) is 0 Å². The van der Waals surface area contributed by atoms with Crippen molar-refractivity contribution in [1.29, 1.82) is 0 Å². The van der Waals surface area contributed by atoms with Crippen molar-refractivity contribution in [1.82, 2.24) is 9.66 Å². The smallest absolute Gasteiger partial charge is 0.344 e. The summed E-state index contributed by atoms with van der Waals surface area (Å²) in [4.78, 5) is 13.5. The molecule has 0 amide bonds. The highest BCUT2D eigenvalue weighted by atomic mass is 16.1. The first-order valence-electron chi connectivity index (χ1n) is 3.44. The van der Waals surface area contributed by atoms with Crippen LogP contribution < -0.4 is 33.7 Å². The monoisotopic (exact) mass is 167 g/mol. The van der Waals surface area contributed by atoms with Crippen LogP contribution in [0.4, 0.5) is 0 Å². The molecule has 0 radical (unpaired) electrons. The predicted octanol–water partition coefficient (Wildman–Crippen LogP) is -3.92. The van der Waals surface area contributed by atoms with Crippen molar-refractivity contribution in [3.05, 3.63) is 21.2 Å². The molecule has 0 saturated carbocycles. The van der Waals surface area contributed by atoms with Gasteiger partial charge in [-0.1, -0.05) is 0 Å². The van der Waals surface area contributed by atoms with E-state index in [1.54, 1.807) is 6.08 Å². The summed E-state index contributed by atoms with van der Waals surface area (Å²) in [5, 5.41) is 1.10. The summed E-state index contributed by atoms with van der Waals surface area (Å²) >= 11 is 0. The number of aromatic amines is 1. The third-order valence-corrected chi connectivity index (χ3v) is 1.95. The standard InChI is InChI=1S/C6H9N5O/c7-2-1-3-5(4(2)8)10-6(12)11(3)9/h1-2H,7-9H2,(H,10,12). The van der Waals surface area contributed by atoms with Crippen molar-refractivity contribution in [2.24, 2.45) is 11.5 Å². The number of nitrogens with two attached hydrogens (primary N) is 3. The number of imidazole rings is 1. The van der Waals surface area contributed by atoms with Gasteiger partial charge in [-0.05, 0) is 6.08 Å². The lowest BCUT2D eigenvalue weighted by Crippen LogP contribution is -2.36. The number of rotatable bonds is 0. The molecule has 0 saturated heterocycles. The molecule has 1 heterocycles. The van der Waals surface area contributed by atoms with Gasteiger partial charge in [-0.2, -0.15) is 0 Å². The van der Waals surface area contributed by atoms with E-state index >= 15 is 0 Å². The predicted molar refractivity (Wildman–Crippen MR) is 44.5 cm³/mol. The Morgan fingerprint density at radius 1 is 1.58 bits per heavy atom. The largest absolute Gasteiger partial charge is 0.399 e. The van der Waals surface area contributed by atoms with E-state index in [1.165, 1.54) is 0 Å². The zero-order valence-electron chi connectivity index (χ0n) is 6.24. The van der Waals surface area contributed by atoms with Crippen LogP contribution in [0.1, 0.15) is 0 Å². The van der Waals surface area contributed by atoms with Crippen molar-refractivity contribution in [3.8, 4) is 0 Å². The second-order valence-electron chi connectivity index (χ2n) is 2.71. The second kappa shape index (κ2) is 1.92. The molecular formula is C6H9N5O. The van der Waals surface area contributed by atoms with Crippen molar-refractivity contribution in [3.63, 3.8) is 0 Å². The zero-order chi connectivity index (χ0) is 8.88. The van der Waals surface area contributed by atoms with Crippen LogP contribution in [0.3, 0.4) is 0 Å². The number of H-pyrrole nitrogens is 1. The molecule has 1 aromatic rings. The van der Waals surface area contributed by atoms with Crippen LogP contribution in [-0.2, 0) is 0 Å². The number of fused-ring (bicyclic) bond motifs is 1. The molecule has 1 aliphatic rings. The van der Waals surface area contributed by atoms with Gasteiger partial charge in [-0.15, -0.1) is 0 Å². The van der Waals surface area contributed by atoms with Crippen molar-refractivity contribution < 1.29 is 0 Å². The maximum atomic E-state index is 11.0. The molecule has 0 spiro atoms. The van der Waals surface area contributed by atoms with Crippen molar-refractivity contribution in [2.45, 2.75) is 6.04 Å². The van der Waals surface area contributed by atoms with Gasteiger partial charge < -0.3 is 22.3 Å². The van der Waals surface area contributed by atoms with Gasteiger partial charge in [-0.25, -0.2) is 9.47 Å². The molecule has 0 aliphatic heterocycles. The highest BCUT2D eigenvalue weighted by Crippen LogP contribution is 1.92. The van der Waals surface area contributed by atoms with Gasteiger partial charge >= 0.3 is 5.69 Å². The van der Waals surface area contributed by atoms with Crippen LogP contribution >= 0.6 is 0 Å². The molecule has 0 aromatic carbocycles. The van der Waals surface area contributed by atoms with E-state index in [1.807, 2.05) is 0 Å². The Bertz CT molecular complexity index is 493. The second-order valence-corrected chi connectivity index (χ2v) is 2.71. The van der Waals surface area contributed by atoms with Crippen LogP contribution in [0.5, 0.6) is 0 Å². The maximum Gasteiger partial charge on any atom is 0.344 e. The summed E-state index contributed by atoms with van der Waals surface area (Å²) in [5.41, 5.74) is 11.2. The van der Waals surface area contributed by atoms with Gasteiger partial charge in [-0.3, -0.25) is 0 Å². The molecule has 2 rings (SSSR count). The first kappa shape index (κ1) is 6.99. The minimum atomic E-state index is -0.383. The average molecular weight is 167 g/mol. The summed E-state index contributed by atoms with van der Waals surface area (Å²) < 4.78 is 0.995. The van der Waals surface area contributed by atoms with Crippen molar-refractivity contribution >= 4 is 11.8 Å². The molecule has 1 aliphatic carbocycles. The van der Waals surface area contributed by atoms with E-state index < -0.39 is 0 Å². The fraction of sp³-hybridized carbons (Fsp3) is 0.167. The van der Waals surface area contributed by atoms with E-state index in [0.29, 0.717) is 16.4 Å². The summed E-state index contributed by atoms with van der Waals surface area (Å²) in [5.74, 6) is 5.40. The number of nitrogen functional groups attached to an aromatic ring is 1. The van der Waals surface area contributed by atoms with E-state index in [4.69, 9.17) is 17.3 Å². The Kier molecular flexibility index (Phi) is 1.12. The van der Waals surface area contributed by atoms with Gasteiger partial charge in [0.05, 0.1) is 22.4 Å². The van der Waals surface area contributed by atoms with Crippen LogP contribution in [0.15, 0.2) is 4.79 Å². The normalized spacial score (nSPS) is 20.8. The third kappa shape index (κ3) is 0.641. The van der Waals surface area contributed by atoms with E-state index in [0.717, 1.165) is 4.68 Å². The van der Waals surface area contributed by atoms with Gasteiger partial charge in [0.2, 0.25) is 0 Å². The molecular weight excluding hydrogens is 158 g/mol. The molecule has 6 nitrogen and oxygen atoms in total. The Morgan fingerprint density at radius 3 is 2.83 bits per heavy atom. The molecule has 1 atom stereocenters. The zero-order valence-corrected chi connectivity index (χ0v) is 6.24. The Morgan fingerprint density at radius 2 is 2.25 bits per heavy atom. The Balaban J connectivity index is 3.01. The summed E-state index contributed by atoms with van der Waals surface area (Å²) in [6.07, 6.45) is 1.64. The summed E-state index contributed by atoms with van der Waals surface area (Å²) in [6, 6.07) is -0.346. The molecule has 64 valence electrons. The number of aromatic nitrogens is 2. The first-order chi connectivity index (χ1) is 5.61. The molecule has 1 aromatic heterocycles. The highest BCUT2D eigenvalue weighted by molar-refractivity contribution is 5.61. The minimum absolute atomic E-state index is 0.346. The van der Waals surface area contributed by atoms with Gasteiger partial charge in [0.25, 0.3) is 0 Å². The lowest BCUT2D eigenvalue weighted by atomic mass is 10.3. The summed E-state index contributed by atoms with van der Waals surface area (Å²) in [6.45, 7) is 0. The fourth-order valence-electron chi connectivity index (χ4n) is 1.27. The maximum absolute atomic E-state index is 11.0. The molecule has 7 N–H and O–H groups in total. The quantitative estimate of drug-likeness (QED) is 0.295. The SMILES string of the molecule is NC1=c2[nH]c(=O)n(N)c2=CC1N. The van der Waals surface area contributed by atoms with Crippen LogP contribution in [0, 0.1) is 0 Å². The van der Waals surface area contributed by atoms with E-state index in [-0.39, 0.29) is 11.7 Å². The Hall–Kier alpha value is -1.69. The first-order valence-corrected chi connectivity index (χ1v) is 3.44. The number of hydrogen-bond donors (Lipinski definition) is 4. The van der Waals surface area contributed by atoms with E-state index in [9.17, 15) is 4.79 Å². The molecule has 12 heavy (non-hydrogen) atoms. The highest BCUT2D eigenvalue weighted by Gasteiger charge is 2.14.